The Balaban J connectivity index is 2.10. The van der Waals surface area contributed by atoms with Crippen LogP contribution in [-0.4, -0.2) is 21.2 Å². The number of imidazole rings is 1. The van der Waals surface area contributed by atoms with E-state index in [-0.39, 0.29) is 38.7 Å². The summed E-state index contributed by atoms with van der Waals surface area (Å²) in [7, 11) is 0. The highest BCUT2D eigenvalue weighted by atomic mass is 35.5. The second-order valence-electron chi connectivity index (χ2n) is 4.71. The molecule has 0 bridgehead atoms. The number of para-hydroxylation sites is 2. The molecule has 0 radical (unpaired) electrons. The van der Waals surface area contributed by atoms with E-state index < -0.39 is 0 Å². The lowest BCUT2D eigenvalue weighted by molar-refractivity contribution is 0.0911. The molecule has 0 spiro atoms. The standard InChI is InChI=1S/C15H6Cl2N2O2/c16-9-5-7-8(6-10(9)17)15(21)19-12-4-2-1-3-11(12)18-14(19)13(7)20/h1-6H. The minimum Gasteiger partial charge on any atom is -0.285 e. The van der Waals surface area contributed by atoms with Crippen molar-refractivity contribution in [2.75, 3.05) is 0 Å². The summed E-state index contributed by atoms with van der Waals surface area (Å²) in [5.74, 6) is -0.557. The van der Waals surface area contributed by atoms with Crippen LogP contribution in [-0.2, 0) is 0 Å². The molecule has 1 aliphatic heterocycles. The van der Waals surface area contributed by atoms with Gasteiger partial charge in [0.05, 0.1) is 26.6 Å². The Morgan fingerprint density at radius 2 is 1.62 bits per heavy atom. The number of fused-ring (bicyclic) bond motifs is 4. The van der Waals surface area contributed by atoms with Gasteiger partial charge in [0.25, 0.3) is 5.91 Å². The zero-order chi connectivity index (χ0) is 14.7. The SMILES string of the molecule is O=C1c2cc(Cl)c(Cl)cc2C(=O)n2c1nc1ccccc12. The maximum atomic E-state index is 12.7. The van der Waals surface area contributed by atoms with Crippen molar-refractivity contribution in [3.63, 3.8) is 0 Å². The van der Waals surface area contributed by atoms with Gasteiger partial charge in [-0.3, -0.25) is 14.2 Å². The quantitative estimate of drug-likeness (QED) is 0.498. The van der Waals surface area contributed by atoms with Crippen LogP contribution in [0.4, 0.5) is 0 Å². The van der Waals surface area contributed by atoms with Gasteiger partial charge in [-0.25, -0.2) is 4.98 Å². The zero-order valence-corrected chi connectivity index (χ0v) is 11.9. The van der Waals surface area contributed by atoms with Crippen LogP contribution in [0.5, 0.6) is 0 Å². The fraction of sp³-hybridized carbons (Fsp3) is 0. The van der Waals surface area contributed by atoms with Crippen molar-refractivity contribution in [1.29, 1.82) is 0 Å². The van der Waals surface area contributed by atoms with Gasteiger partial charge in [0.15, 0.2) is 5.82 Å². The van der Waals surface area contributed by atoms with Crippen LogP contribution >= 0.6 is 23.2 Å². The van der Waals surface area contributed by atoms with Crippen LogP contribution in [0.25, 0.3) is 11.0 Å². The predicted octanol–water partition coefficient (Wildman–Crippen LogP) is 3.58. The van der Waals surface area contributed by atoms with Crippen LogP contribution in [0.1, 0.15) is 26.5 Å². The van der Waals surface area contributed by atoms with E-state index in [9.17, 15) is 9.59 Å². The average Bonchev–Trinajstić information content (AvgIpc) is 2.87. The molecule has 3 aromatic rings. The fourth-order valence-corrected chi connectivity index (χ4v) is 2.86. The third-order valence-corrected chi connectivity index (χ3v) is 4.22. The number of halogens is 2. The molecule has 2 aromatic carbocycles. The maximum Gasteiger partial charge on any atom is 0.265 e. The van der Waals surface area contributed by atoms with E-state index in [1.165, 1.54) is 16.7 Å². The number of carbonyl (C=O) groups is 2. The highest BCUT2D eigenvalue weighted by Crippen LogP contribution is 2.32. The number of ketones is 1. The Morgan fingerprint density at radius 3 is 2.38 bits per heavy atom. The Hall–Kier alpha value is -2.17. The molecule has 0 atom stereocenters. The molecule has 0 saturated heterocycles. The molecule has 4 rings (SSSR count). The fourth-order valence-electron chi connectivity index (χ4n) is 2.54. The second-order valence-corrected chi connectivity index (χ2v) is 5.52. The lowest BCUT2D eigenvalue weighted by Gasteiger charge is -2.16. The van der Waals surface area contributed by atoms with Crippen LogP contribution in [0.3, 0.4) is 0 Å². The van der Waals surface area contributed by atoms with E-state index in [4.69, 9.17) is 23.2 Å². The lowest BCUT2D eigenvalue weighted by atomic mass is 9.99. The normalized spacial score (nSPS) is 13.4. The summed E-state index contributed by atoms with van der Waals surface area (Å²) in [5.41, 5.74) is 1.67. The molecule has 0 fully saturated rings. The molecule has 4 nitrogen and oxygen atoms in total. The van der Waals surface area contributed by atoms with Gasteiger partial charge >= 0.3 is 0 Å². The first-order valence-electron chi connectivity index (χ1n) is 6.14. The molecule has 0 unspecified atom stereocenters. The molecule has 0 aliphatic carbocycles. The van der Waals surface area contributed by atoms with Gasteiger partial charge in [-0.15, -0.1) is 0 Å². The topological polar surface area (TPSA) is 52.0 Å². The number of carbonyl (C=O) groups excluding carboxylic acids is 2. The third kappa shape index (κ3) is 1.60. The first-order valence-corrected chi connectivity index (χ1v) is 6.89. The highest BCUT2D eigenvalue weighted by Gasteiger charge is 2.33. The van der Waals surface area contributed by atoms with E-state index in [2.05, 4.69) is 4.98 Å². The Bertz CT molecular complexity index is 960. The van der Waals surface area contributed by atoms with Gasteiger partial charge in [0.2, 0.25) is 5.78 Å². The molecule has 0 N–H and O–H groups in total. The summed E-state index contributed by atoms with van der Waals surface area (Å²) in [4.78, 5) is 29.5. The summed E-state index contributed by atoms with van der Waals surface area (Å²) >= 11 is 11.9. The smallest absolute Gasteiger partial charge is 0.265 e. The summed E-state index contributed by atoms with van der Waals surface area (Å²) in [5, 5.41) is 0.477. The number of aromatic nitrogens is 2. The van der Waals surface area contributed by atoms with E-state index in [0.29, 0.717) is 11.0 Å². The van der Waals surface area contributed by atoms with Crippen molar-refractivity contribution in [2.45, 2.75) is 0 Å². The Kier molecular flexibility index (Phi) is 2.49. The van der Waals surface area contributed by atoms with Crippen molar-refractivity contribution in [1.82, 2.24) is 9.55 Å². The highest BCUT2D eigenvalue weighted by molar-refractivity contribution is 6.43. The lowest BCUT2D eigenvalue weighted by Crippen LogP contribution is -2.27. The van der Waals surface area contributed by atoms with E-state index in [1.54, 1.807) is 24.3 Å². The number of rotatable bonds is 0. The first-order chi connectivity index (χ1) is 10.1. The third-order valence-electron chi connectivity index (χ3n) is 3.50. The molecule has 102 valence electrons. The van der Waals surface area contributed by atoms with Gasteiger partial charge in [0, 0.05) is 5.56 Å². The van der Waals surface area contributed by atoms with E-state index in [0.717, 1.165) is 0 Å². The van der Waals surface area contributed by atoms with Gasteiger partial charge in [-0.05, 0) is 24.3 Å². The van der Waals surface area contributed by atoms with Crippen molar-refractivity contribution in [2.24, 2.45) is 0 Å². The summed E-state index contributed by atoms with van der Waals surface area (Å²) in [6.45, 7) is 0. The predicted molar refractivity (Wildman–Crippen MR) is 79.4 cm³/mol. The minimum absolute atomic E-state index is 0.104. The Morgan fingerprint density at radius 1 is 0.952 bits per heavy atom. The number of nitrogens with zero attached hydrogens (tertiary/aromatic N) is 2. The van der Waals surface area contributed by atoms with Gasteiger partial charge in [-0.1, -0.05) is 35.3 Å². The number of benzene rings is 2. The van der Waals surface area contributed by atoms with Gasteiger partial charge in [-0.2, -0.15) is 0 Å². The molecular weight excluding hydrogens is 311 g/mol. The molecule has 0 saturated carbocycles. The molecule has 21 heavy (non-hydrogen) atoms. The average molecular weight is 317 g/mol. The van der Waals surface area contributed by atoms with Crippen molar-refractivity contribution in [3.8, 4) is 0 Å². The second kappa shape index (κ2) is 4.16. The maximum absolute atomic E-state index is 12.7. The van der Waals surface area contributed by atoms with Gasteiger partial charge < -0.3 is 0 Å². The van der Waals surface area contributed by atoms with Crippen LogP contribution in [0.15, 0.2) is 36.4 Å². The van der Waals surface area contributed by atoms with E-state index >= 15 is 0 Å². The summed E-state index contributed by atoms with van der Waals surface area (Å²) < 4.78 is 1.32. The summed E-state index contributed by atoms with van der Waals surface area (Å²) in [6, 6.07) is 9.95. The van der Waals surface area contributed by atoms with Crippen LogP contribution < -0.4 is 0 Å². The van der Waals surface area contributed by atoms with Gasteiger partial charge in [0.1, 0.15) is 0 Å². The minimum atomic E-state index is -0.334. The van der Waals surface area contributed by atoms with E-state index in [1.807, 2.05) is 0 Å². The van der Waals surface area contributed by atoms with Crippen LogP contribution in [0.2, 0.25) is 10.0 Å². The summed E-state index contributed by atoms with van der Waals surface area (Å²) in [6.07, 6.45) is 0. The molecular formula is C15H6Cl2N2O2. The zero-order valence-electron chi connectivity index (χ0n) is 10.4. The molecule has 0 amide bonds. The molecule has 6 heteroatoms. The number of hydrogen-bond acceptors (Lipinski definition) is 3. The monoisotopic (exact) mass is 316 g/mol. The Labute approximate surface area is 128 Å². The van der Waals surface area contributed by atoms with Crippen LogP contribution in [0, 0.1) is 0 Å². The van der Waals surface area contributed by atoms with Crippen molar-refractivity contribution >= 4 is 45.9 Å². The largest absolute Gasteiger partial charge is 0.285 e. The first kappa shape index (κ1) is 12.6. The van der Waals surface area contributed by atoms with Crippen molar-refractivity contribution in [3.05, 3.63) is 63.4 Å². The molecule has 2 heterocycles. The number of hydrogen-bond donors (Lipinski definition) is 0. The molecule has 1 aromatic heterocycles. The van der Waals surface area contributed by atoms with Crippen molar-refractivity contribution < 1.29 is 9.59 Å². The molecule has 1 aliphatic rings.